The van der Waals surface area contributed by atoms with Gasteiger partial charge in [-0.25, -0.2) is 9.13 Å². The molecular weight excluding hydrogens is 1440 g/mol. The van der Waals surface area contributed by atoms with Crippen molar-refractivity contribution in [2.24, 2.45) is 23.7 Å². The van der Waals surface area contributed by atoms with E-state index in [0.29, 0.717) is 25.7 Å². The van der Waals surface area contributed by atoms with Crippen LogP contribution in [0.3, 0.4) is 0 Å². The summed E-state index contributed by atoms with van der Waals surface area (Å²) < 4.78 is 69.1. The lowest BCUT2D eigenvalue weighted by Gasteiger charge is -2.21. The van der Waals surface area contributed by atoms with Crippen LogP contribution in [0.4, 0.5) is 0 Å². The number of hydrogen-bond acceptors (Lipinski definition) is 15. The molecule has 0 radical (unpaired) electrons. The molecule has 0 aromatic carbocycles. The third kappa shape index (κ3) is 81.6. The monoisotopic (exact) mass is 1620 g/mol. The number of hydrogen-bond donors (Lipinski definition) is 3. The first-order valence-corrected chi connectivity index (χ1v) is 50.3. The van der Waals surface area contributed by atoms with E-state index in [2.05, 4.69) is 55.4 Å². The Morgan fingerprint density at radius 3 is 0.640 bits per heavy atom. The van der Waals surface area contributed by atoms with Gasteiger partial charge in [0.1, 0.15) is 19.3 Å². The molecule has 660 valence electrons. The first-order chi connectivity index (χ1) is 53.7. The number of esters is 4. The van der Waals surface area contributed by atoms with Crippen LogP contribution in [0.1, 0.15) is 486 Å². The predicted octanol–water partition coefficient (Wildman–Crippen LogP) is 28.3. The van der Waals surface area contributed by atoms with E-state index in [-0.39, 0.29) is 25.7 Å². The molecule has 0 heterocycles. The molecule has 0 saturated heterocycles. The molecule has 0 aromatic rings. The average Bonchev–Trinajstić information content (AvgIpc) is 0.899. The van der Waals surface area contributed by atoms with Crippen molar-refractivity contribution in [1.29, 1.82) is 0 Å². The highest BCUT2D eigenvalue weighted by molar-refractivity contribution is 7.47. The topological polar surface area (TPSA) is 237 Å². The van der Waals surface area contributed by atoms with Crippen LogP contribution in [0, 0.1) is 23.7 Å². The minimum Gasteiger partial charge on any atom is -0.462 e. The molecule has 3 N–H and O–H groups in total. The fourth-order valence-electron chi connectivity index (χ4n) is 14.3. The van der Waals surface area contributed by atoms with Gasteiger partial charge in [0.05, 0.1) is 26.4 Å². The Hall–Kier alpha value is -1.94. The van der Waals surface area contributed by atoms with E-state index in [0.717, 1.165) is 120 Å². The number of carbonyl (C=O) groups is 4. The van der Waals surface area contributed by atoms with Gasteiger partial charge in [0.15, 0.2) is 12.2 Å². The van der Waals surface area contributed by atoms with Gasteiger partial charge in [-0.05, 0) is 49.4 Å². The molecule has 5 unspecified atom stereocenters. The summed E-state index contributed by atoms with van der Waals surface area (Å²) in [4.78, 5) is 73.4. The Labute approximate surface area is 683 Å². The summed E-state index contributed by atoms with van der Waals surface area (Å²) in [5, 5.41) is 10.7. The van der Waals surface area contributed by atoms with Gasteiger partial charge in [-0.15, -0.1) is 0 Å². The van der Waals surface area contributed by atoms with Gasteiger partial charge in [-0.1, -0.05) is 434 Å². The largest absolute Gasteiger partial charge is 0.472 e. The average molecular weight is 1620 g/mol. The van der Waals surface area contributed by atoms with E-state index < -0.39 is 97.5 Å². The molecular formula is C92H180O17P2. The second kappa shape index (κ2) is 80.5. The summed E-state index contributed by atoms with van der Waals surface area (Å²) in [5.41, 5.74) is 0. The second-order valence-electron chi connectivity index (χ2n) is 34.3. The van der Waals surface area contributed by atoms with Crippen molar-refractivity contribution in [2.45, 2.75) is 504 Å². The Bertz CT molecular complexity index is 2150. The fourth-order valence-corrected chi connectivity index (χ4v) is 15.9. The number of aliphatic hydroxyl groups excluding tert-OH is 1. The highest BCUT2D eigenvalue weighted by Crippen LogP contribution is 2.45. The first kappa shape index (κ1) is 109. The van der Waals surface area contributed by atoms with Crippen LogP contribution in [0.15, 0.2) is 0 Å². The van der Waals surface area contributed by atoms with Crippen molar-refractivity contribution in [1.82, 2.24) is 0 Å². The van der Waals surface area contributed by atoms with E-state index in [4.69, 9.17) is 37.0 Å². The summed E-state index contributed by atoms with van der Waals surface area (Å²) in [6.07, 6.45) is 72.3. The fraction of sp³-hybridized carbons (Fsp3) is 0.957. The third-order valence-electron chi connectivity index (χ3n) is 22.7. The molecule has 0 bridgehead atoms. The summed E-state index contributed by atoms with van der Waals surface area (Å²) in [7, 11) is -9.94. The lowest BCUT2D eigenvalue weighted by Crippen LogP contribution is -2.30. The molecule has 0 aliphatic heterocycles. The number of phosphoric ester groups is 2. The SMILES string of the molecule is CCC(C)CCCCCCCCCCCCCCCCCCCCC(=O)OC[C@H](COP(=O)(O)OC[C@@H](O)COP(=O)(O)OC[C@@H](COC(=O)CCCCCCCCC(C)CC)OC(=O)CCCCCCCCCCCCCCCCCCCCC(C)CC)OC(=O)CCCCCCCCCCCCCCCCC(C)C. The third-order valence-corrected chi connectivity index (χ3v) is 24.6. The molecule has 8 atom stereocenters. The zero-order valence-corrected chi connectivity index (χ0v) is 75.4. The van der Waals surface area contributed by atoms with Crippen molar-refractivity contribution < 1.29 is 80.2 Å². The highest BCUT2D eigenvalue weighted by Gasteiger charge is 2.31. The Kier molecular flexibility index (Phi) is 79.1. The maximum absolute atomic E-state index is 13.2. The molecule has 19 heteroatoms. The minimum atomic E-state index is -4.97. The first-order valence-electron chi connectivity index (χ1n) is 47.3. The van der Waals surface area contributed by atoms with Crippen LogP contribution in [-0.2, 0) is 65.4 Å². The van der Waals surface area contributed by atoms with Crippen LogP contribution in [-0.4, -0.2) is 96.7 Å². The van der Waals surface area contributed by atoms with Crippen molar-refractivity contribution in [3.05, 3.63) is 0 Å². The van der Waals surface area contributed by atoms with Crippen LogP contribution in [0.25, 0.3) is 0 Å². The number of ether oxygens (including phenoxy) is 4. The van der Waals surface area contributed by atoms with E-state index in [1.54, 1.807) is 0 Å². The van der Waals surface area contributed by atoms with Crippen LogP contribution < -0.4 is 0 Å². The molecule has 0 rings (SSSR count). The normalized spacial score (nSPS) is 14.6. The Morgan fingerprint density at radius 1 is 0.252 bits per heavy atom. The molecule has 0 fully saturated rings. The molecule has 0 aliphatic rings. The van der Waals surface area contributed by atoms with Crippen LogP contribution in [0.2, 0.25) is 0 Å². The van der Waals surface area contributed by atoms with Gasteiger partial charge in [0, 0.05) is 25.7 Å². The van der Waals surface area contributed by atoms with Gasteiger partial charge >= 0.3 is 39.5 Å². The van der Waals surface area contributed by atoms with Gasteiger partial charge in [0.2, 0.25) is 0 Å². The predicted molar refractivity (Wildman–Crippen MR) is 460 cm³/mol. The molecule has 0 saturated carbocycles. The zero-order chi connectivity index (χ0) is 81.6. The summed E-state index contributed by atoms with van der Waals surface area (Å²) in [6.45, 7) is 14.4. The molecule has 0 aliphatic carbocycles. The Balaban J connectivity index is 5.19. The van der Waals surface area contributed by atoms with Crippen LogP contribution in [0.5, 0.6) is 0 Å². The number of carbonyl (C=O) groups excluding carboxylic acids is 4. The smallest absolute Gasteiger partial charge is 0.462 e. The van der Waals surface area contributed by atoms with E-state index in [9.17, 15) is 43.2 Å². The van der Waals surface area contributed by atoms with Gasteiger partial charge in [0.25, 0.3) is 0 Å². The summed E-state index contributed by atoms with van der Waals surface area (Å²) >= 11 is 0. The van der Waals surface area contributed by atoms with E-state index in [1.165, 1.54) is 283 Å². The summed E-state index contributed by atoms with van der Waals surface area (Å²) in [5.74, 6) is 1.17. The van der Waals surface area contributed by atoms with Gasteiger partial charge in [-0.3, -0.25) is 37.3 Å². The summed E-state index contributed by atoms with van der Waals surface area (Å²) in [6, 6.07) is 0. The molecule has 0 amide bonds. The highest BCUT2D eigenvalue weighted by atomic mass is 31.2. The maximum atomic E-state index is 13.2. The van der Waals surface area contributed by atoms with Crippen molar-refractivity contribution in [3.63, 3.8) is 0 Å². The van der Waals surface area contributed by atoms with Crippen LogP contribution >= 0.6 is 15.6 Å². The number of aliphatic hydroxyl groups is 1. The van der Waals surface area contributed by atoms with Crippen molar-refractivity contribution in [2.75, 3.05) is 39.6 Å². The lowest BCUT2D eigenvalue weighted by atomic mass is 9.99. The van der Waals surface area contributed by atoms with Crippen molar-refractivity contribution >= 4 is 39.5 Å². The molecule has 0 aromatic heterocycles. The Morgan fingerprint density at radius 2 is 0.432 bits per heavy atom. The van der Waals surface area contributed by atoms with Gasteiger partial charge < -0.3 is 33.8 Å². The number of rotatable bonds is 89. The minimum absolute atomic E-state index is 0.107. The zero-order valence-electron chi connectivity index (χ0n) is 73.6. The molecule has 111 heavy (non-hydrogen) atoms. The standard InChI is InChI=1S/C92H180O17P2/c1-9-83(6)69-61-53-45-39-33-27-20-16-12-14-18-22-29-35-41-47-56-64-72-89(94)102-78-87(108-91(96)74-67-59-49-43-37-31-25-24-26-32-38-44-52-60-68-82(4)5)80-106-110(98,99)104-76-86(93)77-105-111(100,101)107-81-88(79-103-90(95)73-65-57-51-50-55-63-71-85(8)11-3)109-92(97)75-66-58-48-42-36-30-23-19-15-13-17-21-28-34-40-46-54-62-70-84(7)10-2/h82-88,93H,9-81H2,1-8H3,(H,98,99)(H,100,101)/t83?,84?,85?,86-,87-,88-/m1/s1. The number of phosphoric acid groups is 2. The second-order valence-corrected chi connectivity index (χ2v) is 37.2. The molecule has 17 nitrogen and oxygen atoms in total. The number of unbranched alkanes of at least 4 members (excludes halogenated alkanes) is 52. The maximum Gasteiger partial charge on any atom is 0.472 e. The lowest BCUT2D eigenvalue weighted by molar-refractivity contribution is -0.161. The quantitative estimate of drug-likeness (QED) is 0.0222. The molecule has 0 spiro atoms. The van der Waals surface area contributed by atoms with E-state index in [1.807, 2.05) is 0 Å². The van der Waals surface area contributed by atoms with E-state index >= 15 is 0 Å². The van der Waals surface area contributed by atoms with Gasteiger partial charge in [-0.2, -0.15) is 0 Å². The van der Waals surface area contributed by atoms with Crippen molar-refractivity contribution in [3.8, 4) is 0 Å².